The fourth-order valence-corrected chi connectivity index (χ4v) is 2.89. The molecule has 2 aromatic carbocycles. The summed E-state index contributed by atoms with van der Waals surface area (Å²) in [5.41, 5.74) is 0.972. The number of amides is 1. The Balaban J connectivity index is 1.75. The summed E-state index contributed by atoms with van der Waals surface area (Å²) in [6.45, 7) is -0.0193. The molecule has 0 radical (unpaired) electrons. The predicted molar refractivity (Wildman–Crippen MR) is 94.8 cm³/mol. The number of carbonyl (C=O) groups excluding carboxylic acids is 1. The van der Waals surface area contributed by atoms with Crippen LogP contribution in [0.2, 0.25) is 0 Å². The molecule has 1 saturated heterocycles. The van der Waals surface area contributed by atoms with E-state index in [0.717, 1.165) is 17.3 Å². The third kappa shape index (κ3) is 4.25. The summed E-state index contributed by atoms with van der Waals surface area (Å²) in [5.74, 6) is -0.158. The lowest BCUT2D eigenvalue weighted by Crippen LogP contribution is -2.19. The Kier molecular flexibility index (Phi) is 5.11. The van der Waals surface area contributed by atoms with Crippen LogP contribution in [0.5, 0.6) is 5.75 Å². The van der Waals surface area contributed by atoms with E-state index < -0.39 is 5.82 Å². The number of aliphatic imine (C=N–C) groups is 1. The Hall–Kier alpha value is -3.11. The molecule has 0 unspecified atom stereocenters. The zero-order chi connectivity index (χ0) is 17.6. The first-order valence-electron chi connectivity index (χ1n) is 7.29. The Labute approximate surface area is 147 Å². The van der Waals surface area contributed by atoms with Gasteiger partial charge in [0.1, 0.15) is 23.3 Å². The predicted octanol–water partition coefficient (Wildman–Crippen LogP) is 3.62. The number of para-hydroxylation sites is 1. The minimum absolute atomic E-state index is 0.0193. The summed E-state index contributed by atoms with van der Waals surface area (Å²) in [6, 6.07) is 15.0. The molecule has 0 aromatic heterocycles. The Morgan fingerprint density at radius 3 is 2.72 bits per heavy atom. The number of carbonyl (C=O) groups is 1. The first-order valence-corrected chi connectivity index (χ1v) is 8.11. The van der Waals surface area contributed by atoms with Crippen LogP contribution in [-0.2, 0) is 4.79 Å². The van der Waals surface area contributed by atoms with Crippen molar-refractivity contribution in [2.24, 2.45) is 4.99 Å². The van der Waals surface area contributed by atoms with Gasteiger partial charge in [0.15, 0.2) is 11.8 Å². The lowest BCUT2D eigenvalue weighted by molar-refractivity contribution is -0.115. The molecule has 1 heterocycles. The number of ether oxygens (including phenoxy) is 1. The van der Waals surface area contributed by atoms with E-state index in [1.807, 2.05) is 6.07 Å². The van der Waals surface area contributed by atoms with Crippen molar-refractivity contribution in [3.05, 3.63) is 64.8 Å². The molecule has 2 aromatic rings. The van der Waals surface area contributed by atoms with E-state index in [2.05, 4.69) is 10.3 Å². The number of rotatable bonds is 4. The molecule has 1 aliphatic rings. The molecule has 3 rings (SSSR count). The topological polar surface area (TPSA) is 74.5 Å². The molecule has 7 heteroatoms. The van der Waals surface area contributed by atoms with Crippen molar-refractivity contribution < 1.29 is 13.9 Å². The number of nitriles is 1. The second-order valence-electron chi connectivity index (χ2n) is 4.95. The first kappa shape index (κ1) is 16.7. The van der Waals surface area contributed by atoms with Gasteiger partial charge in [0.05, 0.1) is 4.91 Å². The number of amidine groups is 1. The maximum atomic E-state index is 13.6. The van der Waals surface area contributed by atoms with Gasteiger partial charge in [-0.2, -0.15) is 5.26 Å². The molecule has 0 spiro atoms. The van der Waals surface area contributed by atoms with E-state index in [0.29, 0.717) is 15.8 Å². The molecule has 1 fully saturated rings. The maximum absolute atomic E-state index is 13.6. The first-order chi connectivity index (χ1) is 12.2. The smallest absolute Gasteiger partial charge is 0.264 e. The Morgan fingerprint density at radius 2 is 2.00 bits per heavy atom. The number of halogens is 1. The van der Waals surface area contributed by atoms with E-state index in [4.69, 9.17) is 10.00 Å². The lowest BCUT2D eigenvalue weighted by Gasteiger charge is -2.01. The van der Waals surface area contributed by atoms with Crippen LogP contribution >= 0.6 is 11.8 Å². The molecular formula is C18H12FN3O2S. The molecule has 1 aliphatic heterocycles. The molecule has 5 nitrogen and oxygen atoms in total. The van der Waals surface area contributed by atoms with E-state index in [1.165, 1.54) is 12.1 Å². The van der Waals surface area contributed by atoms with Crippen LogP contribution in [0, 0.1) is 17.1 Å². The summed E-state index contributed by atoms with van der Waals surface area (Å²) in [5, 5.41) is 11.4. The zero-order valence-corrected chi connectivity index (χ0v) is 13.7. The van der Waals surface area contributed by atoms with Gasteiger partial charge in [-0.25, -0.2) is 9.38 Å². The molecule has 1 N–H and O–H groups in total. The van der Waals surface area contributed by atoms with Crippen molar-refractivity contribution in [1.82, 2.24) is 5.32 Å². The van der Waals surface area contributed by atoms with Crippen LogP contribution in [-0.4, -0.2) is 17.7 Å². The Bertz CT molecular complexity index is 901. The molecule has 1 amide bonds. The minimum atomic E-state index is -0.449. The van der Waals surface area contributed by atoms with Crippen LogP contribution in [0.4, 0.5) is 10.1 Å². The summed E-state index contributed by atoms with van der Waals surface area (Å²) >= 11 is 1.14. The highest BCUT2D eigenvalue weighted by molar-refractivity contribution is 8.18. The van der Waals surface area contributed by atoms with Gasteiger partial charge in [-0.1, -0.05) is 24.3 Å². The van der Waals surface area contributed by atoms with Crippen molar-refractivity contribution >= 4 is 34.6 Å². The average Bonchev–Trinajstić information content (AvgIpc) is 2.95. The number of nitrogens with zero attached hydrogens (tertiary/aromatic N) is 2. The SMILES string of the molecule is N#CCOc1ccc(/C=C2\SC(=Nc3ccccc3F)NC2=O)cc1. The third-order valence-corrected chi connectivity index (χ3v) is 4.12. The summed E-state index contributed by atoms with van der Waals surface area (Å²) < 4.78 is 18.8. The van der Waals surface area contributed by atoms with Gasteiger partial charge in [-0.05, 0) is 47.7 Å². The van der Waals surface area contributed by atoms with Crippen molar-refractivity contribution in [3.63, 3.8) is 0 Å². The van der Waals surface area contributed by atoms with Crippen molar-refractivity contribution in [1.29, 1.82) is 5.26 Å². The zero-order valence-electron chi connectivity index (χ0n) is 12.9. The van der Waals surface area contributed by atoms with Gasteiger partial charge in [-0.3, -0.25) is 4.79 Å². The lowest BCUT2D eigenvalue weighted by atomic mass is 10.2. The van der Waals surface area contributed by atoms with Crippen molar-refractivity contribution in [2.45, 2.75) is 0 Å². The van der Waals surface area contributed by atoms with Gasteiger partial charge in [0.2, 0.25) is 0 Å². The third-order valence-electron chi connectivity index (χ3n) is 3.21. The maximum Gasteiger partial charge on any atom is 0.264 e. The number of hydrogen-bond donors (Lipinski definition) is 1. The van der Waals surface area contributed by atoms with E-state index in [1.54, 1.807) is 42.5 Å². The minimum Gasteiger partial charge on any atom is -0.479 e. The molecule has 0 aliphatic carbocycles. The van der Waals surface area contributed by atoms with Gasteiger partial charge >= 0.3 is 0 Å². The van der Waals surface area contributed by atoms with E-state index >= 15 is 0 Å². The molecular weight excluding hydrogens is 341 g/mol. The highest BCUT2D eigenvalue weighted by Crippen LogP contribution is 2.29. The molecule has 0 saturated carbocycles. The number of benzene rings is 2. The largest absolute Gasteiger partial charge is 0.479 e. The standard InChI is InChI=1S/C18H12FN3O2S/c19-14-3-1-2-4-15(14)21-18-22-17(23)16(25-18)11-12-5-7-13(8-6-12)24-10-9-20/h1-8,11H,10H2,(H,21,22,23)/b16-11-. The molecule has 0 atom stereocenters. The van der Waals surface area contributed by atoms with Gasteiger partial charge < -0.3 is 10.1 Å². The number of hydrogen-bond acceptors (Lipinski definition) is 5. The highest BCUT2D eigenvalue weighted by Gasteiger charge is 2.24. The van der Waals surface area contributed by atoms with Crippen LogP contribution in [0.25, 0.3) is 6.08 Å². The van der Waals surface area contributed by atoms with Crippen LogP contribution in [0.15, 0.2) is 58.4 Å². The number of thioether (sulfide) groups is 1. The van der Waals surface area contributed by atoms with Crippen molar-refractivity contribution in [3.8, 4) is 11.8 Å². The van der Waals surface area contributed by atoms with Crippen LogP contribution in [0.3, 0.4) is 0 Å². The van der Waals surface area contributed by atoms with E-state index in [-0.39, 0.29) is 18.2 Å². The monoisotopic (exact) mass is 353 g/mol. The summed E-state index contributed by atoms with van der Waals surface area (Å²) in [4.78, 5) is 16.6. The fraction of sp³-hybridized carbons (Fsp3) is 0.0556. The quantitative estimate of drug-likeness (QED) is 0.852. The average molecular weight is 353 g/mol. The van der Waals surface area contributed by atoms with E-state index in [9.17, 15) is 9.18 Å². The summed E-state index contributed by atoms with van der Waals surface area (Å²) in [6.07, 6.45) is 1.71. The molecule has 124 valence electrons. The highest BCUT2D eigenvalue weighted by atomic mass is 32.2. The second kappa shape index (κ2) is 7.64. The van der Waals surface area contributed by atoms with Gasteiger partial charge in [-0.15, -0.1) is 0 Å². The number of nitrogens with one attached hydrogen (secondary N) is 1. The fourth-order valence-electron chi connectivity index (χ4n) is 2.06. The van der Waals surface area contributed by atoms with Crippen LogP contribution < -0.4 is 10.1 Å². The van der Waals surface area contributed by atoms with Crippen LogP contribution in [0.1, 0.15) is 5.56 Å². The molecule has 25 heavy (non-hydrogen) atoms. The van der Waals surface area contributed by atoms with Gasteiger partial charge in [0, 0.05) is 0 Å². The summed E-state index contributed by atoms with van der Waals surface area (Å²) in [7, 11) is 0. The van der Waals surface area contributed by atoms with Gasteiger partial charge in [0.25, 0.3) is 5.91 Å². The normalized spacial score (nSPS) is 16.7. The Morgan fingerprint density at radius 1 is 1.24 bits per heavy atom. The molecule has 0 bridgehead atoms. The second-order valence-corrected chi connectivity index (χ2v) is 5.98. The van der Waals surface area contributed by atoms with Crippen molar-refractivity contribution in [2.75, 3.05) is 6.61 Å².